The zero-order chi connectivity index (χ0) is 14.4. The summed E-state index contributed by atoms with van der Waals surface area (Å²) < 4.78 is 0. The van der Waals surface area contributed by atoms with Crippen molar-refractivity contribution in [3.05, 3.63) is 11.3 Å². The predicted molar refractivity (Wildman–Crippen MR) is 82.7 cm³/mol. The van der Waals surface area contributed by atoms with Gasteiger partial charge in [-0.3, -0.25) is 4.79 Å². The van der Waals surface area contributed by atoms with Crippen LogP contribution in [-0.2, 0) is 4.79 Å². The number of carbonyl (C=O) groups excluding carboxylic acids is 1. The number of aliphatic hydroxyl groups excluding tert-OH is 1. The topological polar surface area (TPSA) is 37.3 Å². The van der Waals surface area contributed by atoms with Gasteiger partial charge in [-0.25, -0.2) is 0 Å². The molecule has 114 valence electrons. The van der Waals surface area contributed by atoms with Crippen molar-refractivity contribution in [3.63, 3.8) is 0 Å². The second-order valence-electron chi connectivity index (χ2n) is 6.60. The van der Waals surface area contributed by atoms with Crippen molar-refractivity contribution in [2.45, 2.75) is 84.0 Å². The molecule has 2 nitrogen and oxygen atoms in total. The molecule has 0 radical (unpaired) electrons. The first-order valence-corrected chi connectivity index (χ1v) is 8.72. The van der Waals surface area contributed by atoms with Gasteiger partial charge in [0.15, 0.2) is 5.78 Å². The number of hydrogen-bond donors (Lipinski definition) is 1. The van der Waals surface area contributed by atoms with Gasteiger partial charge in [0.2, 0.25) is 0 Å². The Morgan fingerprint density at radius 3 is 2.20 bits per heavy atom. The third-order valence-electron chi connectivity index (χ3n) is 5.09. The SMILES string of the molecule is CCCCCCCCCC1=C(O)[C@@H]2CCCC[C@@H]2C1=O. The molecule has 2 heteroatoms. The van der Waals surface area contributed by atoms with Crippen molar-refractivity contribution in [1.29, 1.82) is 0 Å². The average molecular weight is 278 g/mol. The number of fused-ring (bicyclic) bond motifs is 1. The van der Waals surface area contributed by atoms with Gasteiger partial charge in [0, 0.05) is 17.4 Å². The van der Waals surface area contributed by atoms with Crippen molar-refractivity contribution in [1.82, 2.24) is 0 Å². The summed E-state index contributed by atoms with van der Waals surface area (Å²) in [5.74, 6) is 1.04. The molecule has 0 aromatic rings. The normalized spacial score (nSPS) is 26.1. The minimum Gasteiger partial charge on any atom is -0.512 e. The highest BCUT2D eigenvalue weighted by Gasteiger charge is 2.42. The average Bonchev–Trinajstić information content (AvgIpc) is 2.71. The van der Waals surface area contributed by atoms with E-state index in [4.69, 9.17) is 0 Å². The Labute approximate surface area is 123 Å². The van der Waals surface area contributed by atoms with Crippen LogP contribution in [0.2, 0.25) is 0 Å². The Bertz CT molecular complexity index is 356. The van der Waals surface area contributed by atoms with E-state index in [-0.39, 0.29) is 17.6 Å². The van der Waals surface area contributed by atoms with E-state index in [0.717, 1.165) is 37.7 Å². The minimum atomic E-state index is 0.128. The molecule has 2 aliphatic carbocycles. The number of unbranched alkanes of at least 4 members (excludes halogenated alkanes) is 6. The van der Waals surface area contributed by atoms with Crippen molar-refractivity contribution >= 4 is 5.78 Å². The minimum absolute atomic E-state index is 0.128. The summed E-state index contributed by atoms with van der Waals surface area (Å²) in [6, 6.07) is 0. The fourth-order valence-corrected chi connectivity index (χ4v) is 3.86. The van der Waals surface area contributed by atoms with Gasteiger partial charge < -0.3 is 5.11 Å². The monoisotopic (exact) mass is 278 g/mol. The lowest BCUT2D eigenvalue weighted by atomic mass is 9.80. The number of aliphatic hydroxyl groups is 1. The molecule has 0 amide bonds. The molecule has 1 N–H and O–H groups in total. The van der Waals surface area contributed by atoms with Crippen LogP contribution in [0.5, 0.6) is 0 Å². The maximum absolute atomic E-state index is 12.3. The van der Waals surface area contributed by atoms with Gasteiger partial charge >= 0.3 is 0 Å². The zero-order valence-electron chi connectivity index (χ0n) is 13.0. The first-order chi connectivity index (χ1) is 9.75. The van der Waals surface area contributed by atoms with Crippen LogP contribution < -0.4 is 0 Å². The van der Waals surface area contributed by atoms with E-state index in [0.29, 0.717) is 5.76 Å². The number of ketones is 1. The fourth-order valence-electron chi connectivity index (χ4n) is 3.86. The molecule has 2 aliphatic rings. The molecule has 2 rings (SSSR count). The highest BCUT2D eigenvalue weighted by molar-refractivity contribution is 6.00. The molecular formula is C18H30O2. The summed E-state index contributed by atoms with van der Waals surface area (Å²) in [6.07, 6.45) is 14.0. The Morgan fingerprint density at radius 2 is 1.55 bits per heavy atom. The molecule has 0 aliphatic heterocycles. The Balaban J connectivity index is 1.72. The Hall–Kier alpha value is -0.790. The first kappa shape index (κ1) is 15.6. The molecule has 0 spiro atoms. The lowest BCUT2D eigenvalue weighted by Crippen LogP contribution is -2.21. The molecule has 0 heterocycles. The van der Waals surface area contributed by atoms with Gasteiger partial charge in [0.1, 0.15) is 5.76 Å². The predicted octanol–water partition coefficient (Wildman–Crippen LogP) is 5.33. The lowest BCUT2D eigenvalue weighted by Gasteiger charge is -2.23. The van der Waals surface area contributed by atoms with Crippen LogP contribution >= 0.6 is 0 Å². The number of allylic oxidation sites excluding steroid dienone is 2. The van der Waals surface area contributed by atoms with Crippen molar-refractivity contribution in [2.24, 2.45) is 11.8 Å². The molecule has 0 saturated heterocycles. The summed E-state index contributed by atoms with van der Waals surface area (Å²) in [5, 5.41) is 10.3. The van der Waals surface area contributed by atoms with E-state index in [1.807, 2.05) is 0 Å². The van der Waals surface area contributed by atoms with Crippen LogP contribution in [-0.4, -0.2) is 10.9 Å². The van der Waals surface area contributed by atoms with Crippen LogP contribution in [0.25, 0.3) is 0 Å². The molecule has 2 atom stereocenters. The molecule has 0 unspecified atom stereocenters. The van der Waals surface area contributed by atoms with Crippen LogP contribution in [0.4, 0.5) is 0 Å². The highest BCUT2D eigenvalue weighted by atomic mass is 16.3. The largest absolute Gasteiger partial charge is 0.512 e. The van der Waals surface area contributed by atoms with E-state index >= 15 is 0 Å². The van der Waals surface area contributed by atoms with E-state index in [2.05, 4.69) is 6.92 Å². The molecule has 0 bridgehead atoms. The van der Waals surface area contributed by atoms with Crippen molar-refractivity contribution in [3.8, 4) is 0 Å². The smallest absolute Gasteiger partial charge is 0.166 e. The number of Topliss-reactive ketones (excluding diaryl/α,β-unsaturated/α-hetero) is 1. The van der Waals surface area contributed by atoms with Crippen LogP contribution in [0, 0.1) is 11.8 Å². The van der Waals surface area contributed by atoms with E-state index < -0.39 is 0 Å². The molecule has 0 aromatic heterocycles. The van der Waals surface area contributed by atoms with Gasteiger partial charge in [0.25, 0.3) is 0 Å². The first-order valence-electron chi connectivity index (χ1n) is 8.72. The second-order valence-corrected chi connectivity index (χ2v) is 6.60. The molecular weight excluding hydrogens is 248 g/mol. The van der Waals surface area contributed by atoms with Crippen LogP contribution in [0.1, 0.15) is 84.0 Å². The van der Waals surface area contributed by atoms with Crippen LogP contribution in [0.3, 0.4) is 0 Å². The van der Waals surface area contributed by atoms with Crippen LogP contribution in [0.15, 0.2) is 11.3 Å². The molecule has 1 fully saturated rings. The molecule has 20 heavy (non-hydrogen) atoms. The number of carbonyl (C=O) groups is 1. The van der Waals surface area contributed by atoms with E-state index in [1.54, 1.807) is 0 Å². The fraction of sp³-hybridized carbons (Fsp3) is 0.833. The number of hydrogen-bond acceptors (Lipinski definition) is 2. The van der Waals surface area contributed by atoms with E-state index in [1.165, 1.54) is 44.9 Å². The molecule has 1 saturated carbocycles. The third-order valence-corrected chi connectivity index (χ3v) is 5.09. The maximum atomic E-state index is 12.3. The van der Waals surface area contributed by atoms with Gasteiger partial charge in [-0.05, 0) is 25.7 Å². The summed E-state index contributed by atoms with van der Waals surface area (Å²) in [6.45, 7) is 2.24. The second kappa shape index (κ2) is 7.85. The summed E-state index contributed by atoms with van der Waals surface area (Å²) >= 11 is 0. The number of rotatable bonds is 8. The molecule has 0 aromatic carbocycles. The highest BCUT2D eigenvalue weighted by Crippen LogP contribution is 2.43. The summed E-state index contributed by atoms with van der Waals surface area (Å²) in [7, 11) is 0. The van der Waals surface area contributed by atoms with Gasteiger partial charge in [-0.1, -0.05) is 58.3 Å². The van der Waals surface area contributed by atoms with Gasteiger partial charge in [-0.15, -0.1) is 0 Å². The Morgan fingerprint density at radius 1 is 0.950 bits per heavy atom. The zero-order valence-corrected chi connectivity index (χ0v) is 13.0. The maximum Gasteiger partial charge on any atom is 0.166 e. The van der Waals surface area contributed by atoms with Gasteiger partial charge in [0.05, 0.1) is 0 Å². The summed E-state index contributed by atoms with van der Waals surface area (Å²) in [4.78, 5) is 12.3. The quantitative estimate of drug-likeness (QED) is 0.609. The van der Waals surface area contributed by atoms with Crippen molar-refractivity contribution < 1.29 is 9.90 Å². The Kier molecular flexibility index (Phi) is 6.12. The third kappa shape index (κ3) is 3.65. The summed E-state index contributed by atoms with van der Waals surface area (Å²) in [5.41, 5.74) is 0.787. The standard InChI is InChI=1S/C18H30O2/c1-2-3-4-5-6-7-8-13-16-17(19)14-11-9-10-12-15(14)18(16)20/h14-15,19H,2-13H2,1H3/t14-,15+/m1/s1. The lowest BCUT2D eigenvalue weighted by molar-refractivity contribution is -0.120. The van der Waals surface area contributed by atoms with Crippen molar-refractivity contribution in [2.75, 3.05) is 0 Å². The van der Waals surface area contributed by atoms with Gasteiger partial charge in [-0.2, -0.15) is 0 Å². The van der Waals surface area contributed by atoms with E-state index in [9.17, 15) is 9.90 Å².